The summed E-state index contributed by atoms with van der Waals surface area (Å²) >= 11 is 5.96. The molecule has 1 amide bonds. The number of amides is 1. The van der Waals surface area contributed by atoms with Crippen molar-refractivity contribution in [1.29, 1.82) is 0 Å². The summed E-state index contributed by atoms with van der Waals surface area (Å²) in [4.78, 5) is 11.9. The molecule has 1 fully saturated rings. The minimum Gasteiger partial charge on any atom is -0.348 e. The minimum absolute atomic E-state index is 0. The molecule has 0 aromatic heterocycles. The van der Waals surface area contributed by atoms with Gasteiger partial charge in [-0.15, -0.1) is 12.4 Å². The molecule has 17 heavy (non-hydrogen) atoms. The van der Waals surface area contributed by atoms with Gasteiger partial charge in [0.1, 0.15) is 0 Å². The van der Waals surface area contributed by atoms with Gasteiger partial charge in [-0.1, -0.05) is 23.7 Å². The Morgan fingerprint density at radius 1 is 1.41 bits per heavy atom. The number of nitrogens with one attached hydrogen (secondary N) is 2. The largest absolute Gasteiger partial charge is 0.348 e. The van der Waals surface area contributed by atoms with Crippen LogP contribution in [0.1, 0.15) is 23.2 Å². The highest BCUT2D eigenvalue weighted by atomic mass is 35.5. The SMILES string of the molecule is Cl.O=C(NC1CCCNC1)c1ccccc1Cl. The summed E-state index contributed by atoms with van der Waals surface area (Å²) in [7, 11) is 0. The Morgan fingerprint density at radius 3 is 2.82 bits per heavy atom. The van der Waals surface area contributed by atoms with Gasteiger partial charge in [0.2, 0.25) is 0 Å². The van der Waals surface area contributed by atoms with Gasteiger partial charge in [0.15, 0.2) is 0 Å². The minimum atomic E-state index is -0.0840. The van der Waals surface area contributed by atoms with Crippen LogP contribution in [0, 0.1) is 0 Å². The van der Waals surface area contributed by atoms with Crippen LogP contribution in [0.5, 0.6) is 0 Å². The molecule has 1 heterocycles. The molecule has 94 valence electrons. The maximum absolute atomic E-state index is 11.9. The summed E-state index contributed by atoms with van der Waals surface area (Å²) < 4.78 is 0. The zero-order valence-electron chi connectivity index (χ0n) is 9.41. The second-order valence-corrected chi connectivity index (χ2v) is 4.40. The third kappa shape index (κ3) is 3.87. The lowest BCUT2D eigenvalue weighted by Gasteiger charge is -2.23. The zero-order chi connectivity index (χ0) is 11.4. The van der Waals surface area contributed by atoms with Crippen molar-refractivity contribution < 1.29 is 4.79 Å². The fourth-order valence-corrected chi connectivity index (χ4v) is 2.11. The van der Waals surface area contributed by atoms with Crippen LogP contribution in [0.4, 0.5) is 0 Å². The van der Waals surface area contributed by atoms with Crippen LogP contribution >= 0.6 is 24.0 Å². The number of hydrogen-bond donors (Lipinski definition) is 2. The monoisotopic (exact) mass is 274 g/mol. The van der Waals surface area contributed by atoms with Crippen LogP contribution in [-0.2, 0) is 0 Å². The molecule has 1 aliphatic heterocycles. The van der Waals surface area contributed by atoms with Crippen molar-refractivity contribution in [2.75, 3.05) is 13.1 Å². The molecular weight excluding hydrogens is 259 g/mol. The molecule has 1 aromatic rings. The lowest BCUT2D eigenvalue weighted by molar-refractivity contribution is 0.0931. The molecule has 1 aliphatic rings. The molecule has 2 N–H and O–H groups in total. The van der Waals surface area contributed by atoms with Gasteiger partial charge in [-0.05, 0) is 31.5 Å². The maximum atomic E-state index is 11.9. The predicted octanol–water partition coefficient (Wildman–Crippen LogP) is 2.24. The third-order valence-electron chi connectivity index (χ3n) is 2.75. The van der Waals surface area contributed by atoms with E-state index in [4.69, 9.17) is 11.6 Å². The van der Waals surface area contributed by atoms with Crippen molar-refractivity contribution in [2.45, 2.75) is 18.9 Å². The highest BCUT2D eigenvalue weighted by Gasteiger charge is 2.17. The van der Waals surface area contributed by atoms with E-state index in [-0.39, 0.29) is 24.4 Å². The molecule has 3 nitrogen and oxygen atoms in total. The first-order valence-electron chi connectivity index (χ1n) is 5.53. The number of halogens is 2. The first-order chi connectivity index (χ1) is 7.77. The van der Waals surface area contributed by atoms with Gasteiger partial charge in [0.05, 0.1) is 10.6 Å². The van der Waals surface area contributed by atoms with E-state index in [0.29, 0.717) is 10.6 Å². The van der Waals surface area contributed by atoms with Crippen molar-refractivity contribution >= 4 is 29.9 Å². The Bertz CT molecular complexity index is 379. The molecule has 1 aromatic carbocycles. The number of hydrogen-bond acceptors (Lipinski definition) is 2. The smallest absolute Gasteiger partial charge is 0.253 e. The topological polar surface area (TPSA) is 41.1 Å². The highest BCUT2D eigenvalue weighted by molar-refractivity contribution is 6.33. The number of carbonyl (C=O) groups excluding carboxylic acids is 1. The second-order valence-electron chi connectivity index (χ2n) is 4.00. The predicted molar refractivity (Wildman–Crippen MR) is 72.1 cm³/mol. The molecule has 0 radical (unpaired) electrons. The lowest BCUT2D eigenvalue weighted by atomic mass is 10.1. The van der Waals surface area contributed by atoms with E-state index in [1.54, 1.807) is 12.1 Å². The average Bonchev–Trinajstić information content (AvgIpc) is 2.31. The first-order valence-corrected chi connectivity index (χ1v) is 5.91. The lowest BCUT2D eigenvalue weighted by Crippen LogP contribution is -2.45. The van der Waals surface area contributed by atoms with Crippen LogP contribution in [0.25, 0.3) is 0 Å². The summed E-state index contributed by atoms with van der Waals surface area (Å²) in [5.41, 5.74) is 0.551. The summed E-state index contributed by atoms with van der Waals surface area (Å²) in [6, 6.07) is 7.34. The number of rotatable bonds is 2. The van der Waals surface area contributed by atoms with Crippen LogP contribution in [0.3, 0.4) is 0 Å². The molecule has 1 unspecified atom stereocenters. The van der Waals surface area contributed by atoms with E-state index in [9.17, 15) is 4.79 Å². The van der Waals surface area contributed by atoms with E-state index in [0.717, 1.165) is 25.9 Å². The van der Waals surface area contributed by atoms with Crippen LogP contribution in [-0.4, -0.2) is 25.0 Å². The Balaban J connectivity index is 0.00000144. The Kier molecular flexibility index (Phi) is 5.75. The summed E-state index contributed by atoms with van der Waals surface area (Å²) in [5.74, 6) is -0.0840. The highest BCUT2D eigenvalue weighted by Crippen LogP contribution is 2.15. The summed E-state index contributed by atoms with van der Waals surface area (Å²) in [6.45, 7) is 1.88. The van der Waals surface area contributed by atoms with Crippen LogP contribution in [0.15, 0.2) is 24.3 Å². The van der Waals surface area contributed by atoms with E-state index < -0.39 is 0 Å². The summed E-state index contributed by atoms with van der Waals surface area (Å²) in [6.07, 6.45) is 2.14. The third-order valence-corrected chi connectivity index (χ3v) is 3.08. The quantitative estimate of drug-likeness (QED) is 0.869. The van der Waals surface area contributed by atoms with Crippen LogP contribution < -0.4 is 10.6 Å². The number of piperidine rings is 1. The Morgan fingerprint density at radius 2 is 2.18 bits per heavy atom. The molecule has 0 bridgehead atoms. The van der Waals surface area contributed by atoms with E-state index >= 15 is 0 Å². The molecule has 0 spiro atoms. The summed E-state index contributed by atoms with van der Waals surface area (Å²) in [5, 5.41) is 6.75. The Labute approximate surface area is 112 Å². The molecule has 1 saturated heterocycles. The van der Waals surface area contributed by atoms with Crippen LogP contribution in [0.2, 0.25) is 5.02 Å². The van der Waals surface area contributed by atoms with E-state index in [1.807, 2.05) is 12.1 Å². The van der Waals surface area contributed by atoms with Crippen molar-refractivity contribution in [3.05, 3.63) is 34.9 Å². The maximum Gasteiger partial charge on any atom is 0.253 e. The van der Waals surface area contributed by atoms with Gasteiger partial charge in [0.25, 0.3) is 5.91 Å². The zero-order valence-corrected chi connectivity index (χ0v) is 11.0. The average molecular weight is 275 g/mol. The fraction of sp³-hybridized carbons (Fsp3) is 0.417. The van der Waals surface area contributed by atoms with Crippen molar-refractivity contribution in [3.8, 4) is 0 Å². The molecular formula is C12H16Cl2N2O. The first kappa shape index (κ1) is 14.3. The van der Waals surface area contributed by atoms with Gasteiger partial charge in [-0.3, -0.25) is 4.79 Å². The Hall–Kier alpha value is -0.770. The molecule has 2 rings (SSSR count). The van der Waals surface area contributed by atoms with E-state index in [2.05, 4.69) is 10.6 Å². The van der Waals surface area contributed by atoms with Gasteiger partial charge in [0, 0.05) is 12.6 Å². The number of benzene rings is 1. The molecule has 0 aliphatic carbocycles. The molecule has 1 atom stereocenters. The van der Waals surface area contributed by atoms with Crippen molar-refractivity contribution in [1.82, 2.24) is 10.6 Å². The standard InChI is InChI=1S/C12H15ClN2O.ClH/c13-11-6-2-1-5-10(11)12(16)15-9-4-3-7-14-8-9;/h1-2,5-6,9,14H,3-4,7-8H2,(H,15,16);1H. The van der Waals surface area contributed by atoms with Gasteiger partial charge in [-0.2, -0.15) is 0 Å². The second kappa shape index (κ2) is 6.84. The fourth-order valence-electron chi connectivity index (χ4n) is 1.88. The molecule has 0 saturated carbocycles. The van der Waals surface area contributed by atoms with Gasteiger partial charge >= 0.3 is 0 Å². The molecule has 5 heteroatoms. The normalized spacial score (nSPS) is 19.2. The van der Waals surface area contributed by atoms with Crippen molar-refractivity contribution in [3.63, 3.8) is 0 Å². The van der Waals surface area contributed by atoms with Gasteiger partial charge in [-0.25, -0.2) is 0 Å². The number of carbonyl (C=O) groups is 1. The van der Waals surface area contributed by atoms with Gasteiger partial charge < -0.3 is 10.6 Å². The van der Waals surface area contributed by atoms with Crippen molar-refractivity contribution in [2.24, 2.45) is 0 Å². The van der Waals surface area contributed by atoms with E-state index in [1.165, 1.54) is 0 Å².